The monoisotopic (exact) mass is 365 g/mol. The summed E-state index contributed by atoms with van der Waals surface area (Å²) in [5, 5.41) is 6.94. The molecule has 3 rings (SSSR count). The van der Waals surface area contributed by atoms with Crippen LogP contribution in [-0.4, -0.2) is 22.6 Å². The molecular weight excluding hydrogens is 346 g/mol. The molecule has 0 saturated heterocycles. The highest BCUT2D eigenvalue weighted by molar-refractivity contribution is 7.80. The number of aromatic nitrogens is 1. The van der Waals surface area contributed by atoms with Crippen LogP contribution in [-0.2, 0) is 0 Å². The van der Waals surface area contributed by atoms with Gasteiger partial charge in [-0.2, -0.15) is 0 Å². The molecule has 3 aromatic rings. The fourth-order valence-corrected chi connectivity index (χ4v) is 2.66. The number of para-hydroxylation sites is 1. The summed E-state index contributed by atoms with van der Waals surface area (Å²) in [4.78, 5) is 16.7. The highest BCUT2D eigenvalue weighted by Crippen LogP contribution is 2.20. The Kier molecular flexibility index (Phi) is 5.76. The second kappa shape index (κ2) is 8.40. The minimum absolute atomic E-state index is 0.222. The zero-order valence-electron chi connectivity index (χ0n) is 14.4. The summed E-state index contributed by atoms with van der Waals surface area (Å²) >= 11 is 5.26. The normalized spacial score (nSPS) is 10.3. The lowest BCUT2D eigenvalue weighted by Gasteiger charge is -2.11. The summed E-state index contributed by atoms with van der Waals surface area (Å²) in [7, 11) is 0. The zero-order valence-corrected chi connectivity index (χ0v) is 15.2. The quantitative estimate of drug-likeness (QED) is 0.665. The maximum atomic E-state index is 12.3. The van der Waals surface area contributed by atoms with Gasteiger partial charge in [-0.1, -0.05) is 25.1 Å². The smallest absolute Gasteiger partial charge is 0.257 e. The van der Waals surface area contributed by atoms with Gasteiger partial charge in [0.15, 0.2) is 5.11 Å². The number of hydrogen-bond acceptors (Lipinski definition) is 4. The average Bonchev–Trinajstić information content (AvgIpc) is 2.67. The van der Waals surface area contributed by atoms with Gasteiger partial charge in [0.1, 0.15) is 5.75 Å². The molecule has 1 amide bonds. The number of nitrogens with zero attached hydrogens (tertiary/aromatic N) is 1. The van der Waals surface area contributed by atoms with E-state index >= 15 is 0 Å². The SMILES string of the molecule is CCCOc1ccc(C(=O)NC(=S)Nc2cccc3cccnc23)cc1. The topological polar surface area (TPSA) is 63.2 Å². The van der Waals surface area contributed by atoms with Crippen molar-refractivity contribution in [2.45, 2.75) is 13.3 Å². The van der Waals surface area contributed by atoms with Crippen LogP contribution in [0.1, 0.15) is 23.7 Å². The maximum absolute atomic E-state index is 12.3. The average molecular weight is 365 g/mol. The summed E-state index contributed by atoms with van der Waals surface area (Å²) in [6.45, 7) is 2.69. The van der Waals surface area contributed by atoms with E-state index in [1.165, 1.54) is 0 Å². The first-order chi connectivity index (χ1) is 12.7. The van der Waals surface area contributed by atoms with E-state index in [2.05, 4.69) is 15.6 Å². The van der Waals surface area contributed by atoms with Crippen LogP contribution in [0.4, 0.5) is 5.69 Å². The molecule has 0 spiro atoms. The van der Waals surface area contributed by atoms with Crippen LogP contribution in [0.3, 0.4) is 0 Å². The Morgan fingerprint density at radius 3 is 2.65 bits per heavy atom. The summed E-state index contributed by atoms with van der Waals surface area (Å²) < 4.78 is 5.51. The minimum Gasteiger partial charge on any atom is -0.494 e. The molecule has 0 saturated carbocycles. The molecule has 1 aromatic heterocycles. The van der Waals surface area contributed by atoms with Crippen LogP contribution in [0, 0.1) is 0 Å². The Balaban J connectivity index is 1.65. The van der Waals surface area contributed by atoms with Crippen LogP contribution < -0.4 is 15.4 Å². The van der Waals surface area contributed by atoms with Gasteiger partial charge in [0.2, 0.25) is 0 Å². The van der Waals surface area contributed by atoms with Gasteiger partial charge < -0.3 is 10.1 Å². The van der Waals surface area contributed by atoms with Crippen LogP contribution in [0.2, 0.25) is 0 Å². The number of pyridine rings is 1. The van der Waals surface area contributed by atoms with E-state index in [1.54, 1.807) is 30.5 Å². The zero-order chi connectivity index (χ0) is 18.4. The third-order valence-electron chi connectivity index (χ3n) is 3.70. The number of rotatable bonds is 5. The molecule has 0 aliphatic carbocycles. The van der Waals surface area contributed by atoms with Gasteiger partial charge in [-0.3, -0.25) is 15.1 Å². The van der Waals surface area contributed by atoms with Crippen molar-refractivity contribution >= 4 is 39.8 Å². The Morgan fingerprint density at radius 2 is 1.88 bits per heavy atom. The molecule has 5 nitrogen and oxygen atoms in total. The van der Waals surface area contributed by atoms with Crippen molar-refractivity contribution in [3.05, 3.63) is 66.4 Å². The summed E-state index contributed by atoms with van der Waals surface area (Å²) in [6.07, 6.45) is 2.66. The number of carbonyl (C=O) groups is 1. The number of thiocarbonyl (C=S) groups is 1. The van der Waals surface area contributed by atoms with E-state index in [9.17, 15) is 4.79 Å². The summed E-state index contributed by atoms with van der Waals surface area (Å²) in [6, 6.07) is 16.6. The second-order valence-electron chi connectivity index (χ2n) is 5.66. The third kappa shape index (κ3) is 4.34. The molecule has 2 N–H and O–H groups in total. The number of carbonyl (C=O) groups excluding carboxylic acids is 1. The number of nitrogens with one attached hydrogen (secondary N) is 2. The van der Waals surface area contributed by atoms with Gasteiger partial charge in [0.05, 0.1) is 17.8 Å². The molecule has 1 heterocycles. The summed E-state index contributed by atoms with van der Waals surface area (Å²) in [5.41, 5.74) is 2.05. The van der Waals surface area contributed by atoms with Gasteiger partial charge in [-0.25, -0.2) is 0 Å². The Morgan fingerprint density at radius 1 is 1.12 bits per heavy atom. The fourth-order valence-electron chi connectivity index (χ4n) is 2.46. The van der Waals surface area contributed by atoms with Crippen molar-refractivity contribution in [2.75, 3.05) is 11.9 Å². The lowest BCUT2D eigenvalue weighted by Crippen LogP contribution is -2.34. The largest absolute Gasteiger partial charge is 0.494 e. The molecule has 0 aliphatic heterocycles. The number of fused-ring (bicyclic) bond motifs is 1. The molecule has 0 atom stereocenters. The van der Waals surface area contributed by atoms with Gasteiger partial charge in [0.25, 0.3) is 5.91 Å². The molecule has 6 heteroatoms. The van der Waals surface area contributed by atoms with Crippen LogP contribution in [0.5, 0.6) is 5.75 Å². The lowest BCUT2D eigenvalue weighted by molar-refractivity contribution is 0.0977. The first kappa shape index (κ1) is 17.8. The van der Waals surface area contributed by atoms with Crippen molar-refractivity contribution in [2.24, 2.45) is 0 Å². The van der Waals surface area contributed by atoms with E-state index in [-0.39, 0.29) is 11.0 Å². The van der Waals surface area contributed by atoms with Crippen molar-refractivity contribution in [1.29, 1.82) is 0 Å². The van der Waals surface area contributed by atoms with Gasteiger partial charge in [0, 0.05) is 17.1 Å². The predicted octanol–water partition coefficient (Wildman–Crippen LogP) is 4.15. The molecule has 0 bridgehead atoms. The number of ether oxygens (including phenoxy) is 1. The van der Waals surface area contributed by atoms with Gasteiger partial charge in [-0.05, 0) is 55.0 Å². The minimum atomic E-state index is -0.280. The number of benzene rings is 2. The summed E-state index contributed by atoms with van der Waals surface area (Å²) in [5.74, 6) is 0.462. The Hall–Kier alpha value is -2.99. The molecule has 0 radical (unpaired) electrons. The van der Waals surface area contributed by atoms with E-state index in [4.69, 9.17) is 17.0 Å². The van der Waals surface area contributed by atoms with Crippen LogP contribution >= 0.6 is 12.2 Å². The van der Waals surface area contributed by atoms with Crippen molar-refractivity contribution < 1.29 is 9.53 Å². The van der Waals surface area contributed by atoms with Gasteiger partial charge >= 0.3 is 0 Å². The molecule has 0 aliphatic rings. The van der Waals surface area contributed by atoms with Gasteiger partial charge in [-0.15, -0.1) is 0 Å². The molecule has 0 unspecified atom stereocenters. The van der Waals surface area contributed by atoms with E-state index in [0.29, 0.717) is 12.2 Å². The molecule has 26 heavy (non-hydrogen) atoms. The number of hydrogen-bond donors (Lipinski definition) is 2. The molecule has 0 fully saturated rings. The Labute approximate surface area is 157 Å². The highest BCUT2D eigenvalue weighted by atomic mass is 32.1. The first-order valence-electron chi connectivity index (χ1n) is 8.36. The molecule has 132 valence electrons. The maximum Gasteiger partial charge on any atom is 0.257 e. The fraction of sp³-hybridized carbons (Fsp3) is 0.150. The van der Waals surface area contributed by atoms with Crippen molar-refractivity contribution in [3.8, 4) is 5.75 Å². The number of anilines is 1. The third-order valence-corrected chi connectivity index (χ3v) is 3.90. The second-order valence-corrected chi connectivity index (χ2v) is 6.07. The lowest BCUT2D eigenvalue weighted by atomic mass is 10.2. The Bertz CT molecular complexity index is 920. The predicted molar refractivity (Wildman–Crippen MR) is 108 cm³/mol. The highest BCUT2D eigenvalue weighted by Gasteiger charge is 2.09. The van der Waals surface area contributed by atoms with Crippen LogP contribution in [0.25, 0.3) is 10.9 Å². The first-order valence-corrected chi connectivity index (χ1v) is 8.77. The van der Waals surface area contributed by atoms with E-state index in [0.717, 1.165) is 28.8 Å². The van der Waals surface area contributed by atoms with Crippen molar-refractivity contribution in [1.82, 2.24) is 10.3 Å². The van der Waals surface area contributed by atoms with Crippen LogP contribution in [0.15, 0.2) is 60.8 Å². The number of amides is 1. The standard InChI is InChI=1S/C20H19N3O2S/c1-2-13-25-16-10-8-15(9-11-16)19(24)23-20(26)22-17-7-3-5-14-6-4-12-21-18(14)17/h3-12H,2,13H2,1H3,(H2,22,23,24,26). The molecule has 2 aromatic carbocycles. The molecular formula is C20H19N3O2S. The van der Waals surface area contributed by atoms with Crippen molar-refractivity contribution in [3.63, 3.8) is 0 Å². The van der Waals surface area contributed by atoms with E-state index in [1.807, 2.05) is 37.3 Å². The van der Waals surface area contributed by atoms with E-state index < -0.39 is 0 Å².